The van der Waals surface area contributed by atoms with E-state index in [0.29, 0.717) is 28.9 Å². The third-order valence-electron chi connectivity index (χ3n) is 7.15. The number of anilines is 1. The number of benzene rings is 2. The quantitative estimate of drug-likeness (QED) is 0.394. The number of halogens is 1. The minimum atomic E-state index is -0.545. The Morgan fingerprint density at radius 3 is 2.65 bits per heavy atom. The highest BCUT2D eigenvalue weighted by Crippen LogP contribution is 2.36. The molecule has 4 aromatic rings. The van der Waals surface area contributed by atoms with Crippen molar-refractivity contribution in [1.82, 2.24) is 20.3 Å². The highest BCUT2D eigenvalue weighted by atomic mass is 19.1. The summed E-state index contributed by atoms with van der Waals surface area (Å²) in [5.41, 5.74) is 2.07. The van der Waals surface area contributed by atoms with Crippen LogP contribution in [0.2, 0.25) is 0 Å². The molecule has 2 unspecified atom stereocenters. The van der Waals surface area contributed by atoms with Crippen LogP contribution in [0.4, 0.5) is 10.2 Å². The molecule has 8 nitrogen and oxygen atoms in total. The van der Waals surface area contributed by atoms with Crippen molar-refractivity contribution in [1.29, 1.82) is 0 Å². The van der Waals surface area contributed by atoms with Gasteiger partial charge in [-0.25, -0.2) is 9.18 Å². The second-order valence-corrected chi connectivity index (χ2v) is 9.63. The number of fused-ring (bicyclic) bond motifs is 4. The second-order valence-electron chi connectivity index (χ2n) is 9.63. The minimum Gasteiger partial charge on any atom is -0.463 e. The van der Waals surface area contributed by atoms with Gasteiger partial charge in [0.1, 0.15) is 17.0 Å². The van der Waals surface area contributed by atoms with Crippen molar-refractivity contribution in [3.05, 3.63) is 54.0 Å². The summed E-state index contributed by atoms with van der Waals surface area (Å²) in [5, 5.41) is 6.08. The zero-order valence-corrected chi connectivity index (χ0v) is 20.8. The van der Waals surface area contributed by atoms with Crippen molar-refractivity contribution >= 4 is 33.5 Å². The molecule has 0 radical (unpaired) electrons. The van der Waals surface area contributed by atoms with Gasteiger partial charge >= 0.3 is 12.0 Å². The lowest BCUT2D eigenvalue weighted by Gasteiger charge is -2.34. The molecule has 4 heterocycles. The number of hydrogen-bond donors (Lipinski definition) is 1. The number of aromatic nitrogens is 3. The van der Waals surface area contributed by atoms with E-state index in [1.165, 1.54) is 0 Å². The van der Waals surface area contributed by atoms with E-state index in [0.717, 1.165) is 42.3 Å². The number of nitrogens with zero attached hydrogens (tertiary/aromatic N) is 4. The molecule has 2 aromatic heterocycles. The fourth-order valence-electron chi connectivity index (χ4n) is 5.54. The Bertz CT molecular complexity index is 1490. The van der Waals surface area contributed by atoms with Crippen LogP contribution in [0.15, 0.2) is 42.6 Å². The number of pyridine rings is 1. The Kier molecular flexibility index (Phi) is 6.08. The summed E-state index contributed by atoms with van der Waals surface area (Å²) in [5.74, 6) is -0.514. The van der Waals surface area contributed by atoms with Crippen LogP contribution in [-0.2, 0) is 9.53 Å². The first-order valence-corrected chi connectivity index (χ1v) is 12.7. The summed E-state index contributed by atoms with van der Waals surface area (Å²) in [7, 11) is 0. The number of hydrogen-bond acceptors (Lipinski definition) is 8. The molecule has 2 aromatic carbocycles. The van der Waals surface area contributed by atoms with Crippen LogP contribution in [0.1, 0.15) is 25.3 Å². The maximum Gasteiger partial charge on any atom is 0.344 e. The van der Waals surface area contributed by atoms with Crippen molar-refractivity contribution in [2.24, 2.45) is 0 Å². The Hall–Kier alpha value is -3.85. The van der Waals surface area contributed by atoms with Crippen molar-refractivity contribution < 1.29 is 18.7 Å². The summed E-state index contributed by atoms with van der Waals surface area (Å²) in [6.45, 7) is 5.10. The van der Waals surface area contributed by atoms with E-state index in [9.17, 15) is 4.79 Å². The molecule has 190 valence electrons. The average Bonchev–Trinajstić information content (AvgIpc) is 3.24. The van der Waals surface area contributed by atoms with E-state index < -0.39 is 11.8 Å². The summed E-state index contributed by atoms with van der Waals surface area (Å²) >= 11 is 0. The molecule has 2 fully saturated rings. The molecule has 6 rings (SSSR count). The summed E-state index contributed by atoms with van der Waals surface area (Å²) in [4.78, 5) is 27.7. The molecule has 0 amide bonds. The van der Waals surface area contributed by atoms with Crippen LogP contribution >= 0.6 is 0 Å². The fraction of sp³-hybridized carbons (Fsp3) is 0.357. The van der Waals surface area contributed by atoms with Crippen LogP contribution < -0.4 is 15.0 Å². The molecular formula is C28H28FN5O3. The molecule has 2 saturated heterocycles. The Balaban J connectivity index is 1.49. The fourth-order valence-corrected chi connectivity index (χ4v) is 5.54. The lowest BCUT2D eigenvalue weighted by molar-refractivity contribution is -0.145. The number of rotatable bonds is 6. The van der Waals surface area contributed by atoms with Gasteiger partial charge in [-0.3, -0.25) is 4.98 Å². The molecule has 2 bridgehead atoms. The summed E-state index contributed by atoms with van der Waals surface area (Å²) in [6, 6.07) is 12.4. The van der Waals surface area contributed by atoms with Crippen LogP contribution in [-0.4, -0.2) is 59.3 Å². The number of carbonyl (C=O) groups is 1. The smallest absolute Gasteiger partial charge is 0.344 e. The van der Waals surface area contributed by atoms with Gasteiger partial charge < -0.3 is 19.7 Å². The largest absolute Gasteiger partial charge is 0.463 e. The van der Waals surface area contributed by atoms with Crippen LogP contribution in [0.3, 0.4) is 0 Å². The van der Waals surface area contributed by atoms with E-state index in [-0.39, 0.29) is 30.4 Å². The van der Waals surface area contributed by atoms with E-state index in [4.69, 9.17) is 9.47 Å². The monoisotopic (exact) mass is 501 g/mol. The standard InChI is InChI=1S/C28H28FN5O3/c1-3-36-22(35)15-37-28-32-26-21(27(33-28)34-13-18-10-11-19(14-34)31-18)12-30-25(24(26)29)20-9-5-8-17-7-4-6-16(2)23(17)20/h4-9,12,18-19,31H,3,10-11,13-15H2,1-2H3. The maximum atomic E-state index is 16.3. The van der Waals surface area contributed by atoms with Gasteiger partial charge in [-0.05, 0) is 43.0 Å². The predicted octanol–water partition coefficient (Wildman–Crippen LogP) is 4.18. The number of nitrogens with one attached hydrogen (secondary N) is 1. The number of carbonyl (C=O) groups excluding carboxylic acids is 1. The first kappa shape index (κ1) is 23.5. The van der Waals surface area contributed by atoms with Gasteiger partial charge in [0.05, 0.1) is 12.0 Å². The molecule has 2 atom stereocenters. The predicted molar refractivity (Wildman–Crippen MR) is 139 cm³/mol. The van der Waals surface area contributed by atoms with Crippen molar-refractivity contribution in [2.75, 3.05) is 31.2 Å². The lowest BCUT2D eigenvalue weighted by atomic mass is 9.97. The molecular weight excluding hydrogens is 473 g/mol. The topological polar surface area (TPSA) is 89.5 Å². The Morgan fingerprint density at radius 1 is 1.14 bits per heavy atom. The number of esters is 1. The number of piperazine rings is 1. The van der Waals surface area contributed by atoms with Crippen molar-refractivity contribution in [2.45, 2.75) is 38.8 Å². The van der Waals surface area contributed by atoms with E-state index in [1.807, 2.05) is 43.3 Å². The molecule has 0 spiro atoms. The van der Waals surface area contributed by atoms with E-state index in [1.54, 1.807) is 13.1 Å². The number of ether oxygens (including phenoxy) is 2. The Labute approximate surface area is 213 Å². The van der Waals surface area contributed by atoms with E-state index in [2.05, 4.69) is 25.2 Å². The molecule has 37 heavy (non-hydrogen) atoms. The highest BCUT2D eigenvalue weighted by molar-refractivity contribution is 6.00. The first-order valence-electron chi connectivity index (χ1n) is 12.7. The van der Waals surface area contributed by atoms with Crippen molar-refractivity contribution in [3.63, 3.8) is 0 Å². The van der Waals surface area contributed by atoms with Crippen LogP contribution in [0.25, 0.3) is 32.9 Å². The van der Waals surface area contributed by atoms with Crippen molar-refractivity contribution in [3.8, 4) is 17.3 Å². The Morgan fingerprint density at radius 2 is 1.89 bits per heavy atom. The zero-order valence-electron chi connectivity index (χ0n) is 20.8. The van der Waals surface area contributed by atoms with Gasteiger partial charge in [0.2, 0.25) is 0 Å². The van der Waals surface area contributed by atoms with Gasteiger partial charge in [0.25, 0.3) is 0 Å². The normalized spacial score (nSPS) is 18.9. The summed E-state index contributed by atoms with van der Waals surface area (Å²) < 4.78 is 26.9. The number of aryl methyl sites for hydroxylation is 1. The molecule has 2 aliphatic rings. The van der Waals surface area contributed by atoms with Gasteiger partial charge in [0, 0.05) is 36.9 Å². The van der Waals surface area contributed by atoms with Gasteiger partial charge in [-0.15, -0.1) is 0 Å². The van der Waals surface area contributed by atoms with Gasteiger partial charge in [-0.1, -0.05) is 36.4 Å². The second kappa shape index (κ2) is 9.55. The molecule has 1 N–H and O–H groups in total. The van der Waals surface area contributed by atoms with E-state index >= 15 is 4.39 Å². The zero-order chi connectivity index (χ0) is 25.5. The van der Waals surface area contributed by atoms with Crippen LogP contribution in [0, 0.1) is 12.7 Å². The average molecular weight is 502 g/mol. The molecule has 2 aliphatic heterocycles. The minimum absolute atomic E-state index is 0.0633. The molecule has 0 aliphatic carbocycles. The molecule has 0 saturated carbocycles. The van der Waals surface area contributed by atoms with Gasteiger partial charge in [-0.2, -0.15) is 9.97 Å². The SMILES string of the molecule is CCOC(=O)COc1nc(N2CC3CCC(C2)N3)c2cnc(-c3cccc4cccc(C)c34)c(F)c2n1. The molecule has 9 heteroatoms. The lowest BCUT2D eigenvalue weighted by Crippen LogP contribution is -2.51. The highest BCUT2D eigenvalue weighted by Gasteiger charge is 2.34. The first-order chi connectivity index (χ1) is 18.0. The maximum absolute atomic E-state index is 16.3. The summed E-state index contributed by atoms with van der Waals surface area (Å²) in [6.07, 6.45) is 3.83. The third-order valence-corrected chi connectivity index (χ3v) is 7.15. The van der Waals surface area contributed by atoms with Crippen LogP contribution in [0.5, 0.6) is 6.01 Å². The third kappa shape index (κ3) is 4.33. The van der Waals surface area contributed by atoms with Gasteiger partial charge in [0.15, 0.2) is 12.4 Å².